The topological polar surface area (TPSA) is 82.2 Å². The minimum atomic E-state index is -1.08. The molecule has 0 bridgehead atoms. The SMILES string of the molecule is O=C(CCl)N[C@@H](Cc1c[nH]c2ccccc12)C(=O)O. The number of amides is 1. The number of carbonyl (C=O) groups is 2. The van der Waals surface area contributed by atoms with Gasteiger partial charge < -0.3 is 15.4 Å². The van der Waals surface area contributed by atoms with E-state index in [1.165, 1.54) is 0 Å². The van der Waals surface area contributed by atoms with E-state index < -0.39 is 17.9 Å². The molecule has 0 fully saturated rings. The van der Waals surface area contributed by atoms with Crippen molar-refractivity contribution in [3.8, 4) is 0 Å². The number of aliphatic carboxylic acids is 1. The molecule has 1 aromatic carbocycles. The molecular weight excluding hydrogens is 268 g/mol. The van der Waals surface area contributed by atoms with Gasteiger partial charge in [-0.25, -0.2) is 4.79 Å². The fourth-order valence-corrected chi connectivity index (χ4v) is 2.03. The Morgan fingerprint density at radius 3 is 2.79 bits per heavy atom. The molecule has 2 aromatic rings. The van der Waals surface area contributed by atoms with E-state index in [9.17, 15) is 9.59 Å². The molecule has 0 unspecified atom stereocenters. The molecular formula is C13H13ClN2O3. The third-order valence-corrected chi connectivity index (χ3v) is 3.10. The number of carbonyl (C=O) groups excluding carboxylic acids is 1. The molecule has 0 aliphatic heterocycles. The van der Waals surface area contributed by atoms with Crippen molar-refractivity contribution in [1.82, 2.24) is 10.3 Å². The number of benzene rings is 1. The Balaban J connectivity index is 2.21. The van der Waals surface area contributed by atoms with Crippen LogP contribution < -0.4 is 5.32 Å². The smallest absolute Gasteiger partial charge is 0.326 e. The van der Waals surface area contributed by atoms with Crippen molar-refractivity contribution in [1.29, 1.82) is 0 Å². The number of halogens is 1. The zero-order valence-electron chi connectivity index (χ0n) is 10.0. The average Bonchev–Trinajstić information content (AvgIpc) is 2.81. The number of aromatic amines is 1. The molecule has 3 N–H and O–H groups in total. The highest BCUT2D eigenvalue weighted by atomic mass is 35.5. The fourth-order valence-electron chi connectivity index (χ4n) is 1.95. The van der Waals surface area contributed by atoms with Crippen LogP contribution in [-0.2, 0) is 16.0 Å². The maximum atomic E-state index is 11.2. The summed E-state index contributed by atoms with van der Waals surface area (Å²) in [5.41, 5.74) is 1.78. The second kappa shape index (κ2) is 5.75. The molecule has 0 spiro atoms. The van der Waals surface area contributed by atoms with Crippen LogP contribution in [0.25, 0.3) is 10.9 Å². The molecule has 1 aromatic heterocycles. The van der Waals surface area contributed by atoms with Crippen LogP contribution in [0, 0.1) is 0 Å². The van der Waals surface area contributed by atoms with Crippen LogP contribution >= 0.6 is 11.6 Å². The van der Waals surface area contributed by atoms with Gasteiger partial charge in [0.05, 0.1) is 0 Å². The molecule has 0 radical (unpaired) electrons. The van der Waals surface area contributed by atoms with Crippen LogP contribution in [0.5, 0.6) is 0 Å². The standard InChI is InChI=1S/C13H13ClN2O3/c14-6-12(17)16-11(13(18)19)5-8-7-15-10-4-2-1-3-9(8)10/h1-4,7,11,15H,5-6H2,(H,16,17)(H,18,19)/t11-/m0/s1. The van der Waals surface area contributed by atoms with Crippen molar-refractivity contribution in [2.24, 2.45) is 0 Å². The number of rotatable bonds is 5. The van der Waals surface area contributed by atoms with E-state index in [1.54, 1.807) is 6.20 Å². The number of H-pyrrole nitrogens is 1. The van der Waals surface area contributed by atoms with E-state index in [0.717, 1.165) is 16.5 Å². The van der Waals surface area contributed by atoms with Crippen LogP contribution in [0.2, 0.25) is 0 Å². The van der Waals surface area contributed by atoms with Crippen molar-refractivity contribution >= 4 is 34.4 Å². The quantitative estimate of drug-likeness (QED) is 0.726. The van der Waals surface area contributed by atoms with Gasteiger partial charge in [0, 0.05) is 23.5 Å². The first-order valence-electron chi connectivity index (χ1n) is 5.75. The van der Waals surface area contributed by atoms with E-state index in [4.69, 9.17) is 16.7 Å². The third kappa shape index (κ3) is 3.06. The molecule has 1 heterocycles. The zero-order chi connectivity index (χ0) is 13.8. The van der Waals surface area contributed by atoms with E-state index in [-0.39, 0.29) is 12.3 Å². The maximum absolute atomic E-state index is 11.2. The van der Waals surface area contributed by atoms with Gasteiger partial charge in [-0.2, -0.15) is 0 Å². The normalized spacial score (nSPS) is 12.3. The molecule has 19 heavy (non-hydrogen) atoms. The first kappa shape index (κ1) is 13.4. The number of aromatic nitrogens is 1. The Bertz CT molecular complexity index is 609. The first-order chi connectivity index (χ1) is 9.11. The summed E-state index contributed by atoms with van der Waals surface area (Å²) in [5.74, 6) is -1.82. The monoisotopic (exact) mass is 280 g/mol. The number of fused-ring (bicyclic) bond motifs is 1. The number of carboxylic acids is 1. The second-order valence-corrected chi connectivity index (χ2v) is 4.42. The minimum Gasteiger partial charge on any atom is -0.480 e. The highest BCUT2D eigenvalue weighted by Crippen LogP contribution is 2.19. The molecule has 1 atom stereocenters. The van der Waals surface area contributed by atoms with Gasteiger partial charge in [-0.15, -0.1) is 11.6 Å². The molecule has 0 aliphatic rings. The van der Waals surface area contributed by atoms with Crippen LogP contribution in [0.15, 0.2) is 30.5 Å². The van der Waals surface area contributed by atoms with E-state index in [0.29, 0.717) is 0 Å². The fraction of sp³-hybridized carbons (Fsp3) is 0.231. The van der Waals surface area contributed by atoms with Crippen molar-refractivity contribution < 1.29 is 14.7 Å². The Morgan fingerprint density at radius 2 is 2.11 bits per heavy atom. The summed E-state index contributed by atoms with van der Waals surface area (Å²) < 4.78 is 0. The van der Waals surface area contributed by atoms with Crippen LogP contribution in [-0.4, -0.2) is 33.9 Å². The predicted molar refractivity (Wildman–Crippen MR) is 72.3 cm³/mol. The van der Waals surface area contributed by atoms with Crippen molar-refractivity contribution in [2.45, 2.75) is 12.5 Å². The molecule has 0 saturated carbocycles. The Labute approximate surface area is 114 Å². The van der Waals surface area contributed by atoms with Crippen molar-refractivity contribution in [3.63, 3.8) is 0 Å². The summed E-state index contributed by atoms with van der Waals surface area (Å²) >= 11 is 5.37. The van der Waals surface area contributed by atoms with Gasteiger partial charge in [-0.05, 0) is 11.6 Å². The lowest BCUT2D eigenvalue weighted by Gasteiger charge is -2.13. The van der Waals surface area contributed by atoms with Crippen molar-refractivity contribution in [3.05, 3.63) is 36.0 Å². The second-order valence-electron chi connectivity index (χ2n) is 4.16. The number of para-hydroxylation sites is 1. The number of nitrogens with one attached hydrogen (secondary N) is 2. The van der Waals surface area contributed by atoms with E-state index in [1.807, 2.05) is 24.3 Å². The lowest BCUT2D eigenvalue weighted by molar-refractivity contribution is -0.141. The van der Waals surface area contributed by atoms with Gasteiger partial charge in [-0.1, -0.05) is 18.2 Å². The minimum absolute atomic E-state index is 0.210. The van der Waals surface area contributed by atoms with Gasteiger partial charge in [-0.3, -0.25) is 4.79 Å². The summed E-state index contributed by atoms with van der Waals surface area (Å²) in [6, 6.07) is 6.61. The van der Waals surface area contributed by atoms with Gasteiger partial charge in [0.25, 0.3) is 0 Å². The van der Waals surface area contributed by atoms with Gasteiger partial charge in [0.15, 0.2) is 0 Å². The number of alkyl halides is 1. The number of hydrogen-bond donors (Lipinski definition) is 3. The highest BCUT2D eigenvalue weighted by molar-refractivity contribution is 6.27. The van der Waals surface area contributed by atoms with Gasteiger partial charge in [0.2, 0.25) is 5.91 Å². The molecule has 100 valence electrons. The van der Waals surface area contributed by atoms with Gasteiger partial charge in [0.1, 0.15) is 11.9 Å². The molecule has 0 aliphatic carbocycles. The Morgan fingerprint density at radius 1 is 1.37 bits per heavy atom. The summed E-state index contributed by atoms with van der Waals surface area (Å²) in [7, 11) is 0. The molecule has 1 amide bonds. The number of hydrogen-bond acceptors (Lipinski definition) is 2. The maximum Gasteiger partial charge on any atom is 0.326 e. The summed E-state index contributed by atoms with van der Waals surface area (Å²) in [5, 5.41) is 12.5. The first-order valence-corrected chi connectivity index (χ1v) is 6.28. The predicted octanol–water partition coefficient (Wildman–Crippen LogP) is 1.52. The summed E-state index contributed by atoms with van der Waals surface area (Å²) in [6.45, 7) is 0. The largest absolute Gasteiger partial charge is 0.480 e. The molecule has 2 rings (SSSR count). The average molecular weight is 281 g/mol. The van der Waals surface area contributed by atoms with E-state index in [2.05, 4.69) is 10.3 Å². The molecule has 5 nitrogen and oxygen atoms in total. The van der Waals surface area contributed by atoms with Crippen LogP contribution in [0.3, 0.4) is 0 Å². The van der Waals surface area contributed by atoms with Crippen LogP contribution in [0.4, 0.5) is 0 Å². The third-order valence-electron chi connectivity index (χ3n) is 2.85. The van der Waals surface area contributed by atoms with Gasteiger partial charge >= 0.3 is 5.97 Å². The van der Waals surface area contributed by atoms with Crippen molar-refractivity contribution in [2.75, 3.05) is 5.88 Å². The Hall–Kier alpha value is -2.01. The number of carboxylic acid groups (broad SMARTS) is 1. The Kier molecular flexibility index (Phi) is 4.06. The summed E-state index contributed by atoms with van der Waals surface area (Å²) in [4.78, 5) is 25.4. The summed E-state index contributed by atoms with van der Waals surface area (Å²) in [6.07, 6.45) is 1.97. The molecule has 0 saturated heterocycles. The molecule has 6 heteroatoms. The van der Waals surface area contributed by atoms with Crippen LogP contribution in [0.1, 0.15) is 5.56 Å². The lowest BCUT2D eigenvalue weighted by atomic mass is 10.1. The highest BCUT2D eigenvalue weighted by Gasteiger charge is 2.21. The zero-order valence-corrected chi connectivity index (χ0v) is 10.8. The van der Waals surface area contributed by atoms with E-state index >= 15 is 0 Å². The lowest BCUT2D eigenvalue weighted by Crippen LogP contribution is -2.42.